The molecule has 2 nitrogen and oxygen atoms in total. The van der Waals surface area contributed by atoms with Gasteiger partial charge in [0.05, 0.1) is 17.4 Å². The maximum absolute atomic E-state index is 12.3. The fraction of sp³-hybridized carbons (Fsp3) is 0.286. The Morgan fingerprint density at radius 1 is 1.46 bits per heavy atom. The Hall–Kier alpha value is -0.910. The van der Waals surface area contributed by atoms with Crippen molar-refractivity contribution in [1.29, 1.82) is 0 Å². The first-order valence-electron chi connectivity index (χ1n) is 3.32. The molecule has 13 heavy (non-hydrogen) atoms. The van der Waals surface area contributed by atoms with Crippen LogP contribution < -0.4 is 5.73 Å². The molecule has 0 saturated heterocycles. The van der Waals surface area contributed by atoms with E-state index in [1.54, 1.807) is 0 Å². The van der Waals surface area contributed by atoms with Crippen molar-refractivity contribution >= 4 is 17.4 Å². The Morgan fingerprint density at radius 2 is 2.08 bits per heavy atom. The largest absolute Gasteiger partial charge is 0.419 e. The fourth-order valence-electron chi connectivity index (χ4n) is 0.834. The van der Waals surface area contributed by atoms with Crippen molar-refractivity contribution in [2.75, 3.05) is 12.0 Å². The van der Waals surface area contributed by atoms with Crippen LogP contribution in [-0.2, 0) is 6.18 Å². The number of nitrogen functional groups attached to an aromatic ring is 1. The number of thioether (sulfide) groups is 1. The lowest BCUT2D eigenvalue weighted by atomic mass is 10.2. The van der Waals surface area contributed by atoms with Crippen molar-refractivity contribution in [2.45, 2.75) is 11.2 Å². The van der Waals surface area contributed by atoms with Crippen LogP contribution in [-0.4, -0.2) is 11.2 Å². The summed E-state index contributed by atoms with van der Waals surface area (Å²) in [5.41, 5.74) is 4.45. The Morgan fingerprint density at radius 3 is 2.54 bits per heavy atom. The normalized spacial score (nSPS) is 11.7. The number of hydrogen-bond donors (Lipinski definition) is 1. The first-order valence-corrected chi connectivity index (χ1v) is 4.54. The summed E-state index contributed by atoms with van der Waals surface area (Å²) in [7, 11) is 0. The van der Waals surface area contributed by atoms with Crippen molar-refractivity contribution in [2.24, 2.45) is 0 Å². The molecular weight excluding hydrogens is 201 g/mol. The van der Waals surface area contributed by atoms with Gasteiger partial charge in [-0.1, -0.05) is 0 Å². The van der Waals surface area contributed by atoms with Crippen LogP contribution in [0.1, 0.15) is 5.56 Å². The van der Waals surface area contributed by atoms with Gasteiger partial charge >= 0.3 is 6.18 Å². The molecule has 0 saturated carbocycles. The summed E-state index contributed by atoms with van der Waals surface area (Å²) >= 11 is 0.944. The number of halogens is 3. The summed E-state index contributed by atoms with van der Waals surface area (Å²) in [4.78, 5) is 3.58. The van der Waals surface area contributed by atoms with Gasteiger partial charge in [0, 0.05) is 0 Å². The third-order valence-electron chi connectivity index (χ3n) is 1.37. The molecule has 6 heteroatoms. The molecule has 0 amide bonds. The molecule has 0 aliphatic rings. The standard InChI is InChI=1S/C7H7F3N2S/c1-13-6-5(7(8,9)10)2-4(11)3-12-6/h2-3H,11H2,1H3. The molecule has 0 aromatic carbocycles. The minimum absolute atomic E-state index is 0.0186. The van der Waals surface area contributed by atoms with Gasteiger partial charge in [-0.15, -0.1) is 11.8 Å². The van der Waals surface area contributed by atoms with Crippen LogP contribution in [0, 0.1) is 0 Å². The summed E-state index contributed by atoms with van der Waals surface area (Å²) in [5, 5.41) is -0.0540. The summed E-state index contributed by atoms with van der Waals surface area (Å²) < 4.78 is 36.9. The molecule has 0 radical (unpaired) electrons. The summed E-state index contributed by atoms with van der Waals surface area (Å²) in [6, 6.07) is 0.888. The Bertz CT molecular complexity index is 311. The summed E-state index contributed by atoms with van der Waals surface area (Å²) in [5.74, 6) is 0. The van der Waals surface area contributed by atoms with E-state index in [0.717, 1.165) is 17.8 Å². The number of hydrogen-bond acceptors (Lipinski definition) is 3. The molecule has 0 bridgehead atoms. The molecule has 0 spiro atoms. The number of rotatable bonds is 1. The lowest BCUT2D eigenvalue weighted by Crippen LogP contribution is -2.08. The van der Waals surface area contributed by atoms with Gasteiger partial charge < -0.3 is 5.73 Å². The zero-order chi connectivity index (χ0) is 10.1. The van der Waals surface area contributed by atoms with Gasteiger partial charge in [0.15, 0.2) is 0 Å². The van der Waals surface area contributed by atoms with Crippen LogP contribution in [0.3, 0.4) is 0 Å². The second kappa shape index (κ2) is 3.45. The molecular formula is C7H7F3N2S. The minimum atomic E-state index is -4.39. The predicted molar refractivity (Wildman–Crippen MR) is 45.4 cm³/mol. The van der Waals surface area contributed by atoms with Crippen molar-refractivity contribution < 1.29 is 13.2 Å². The second-order valence-electron chi connectivity index (χ2n) is 2.32. The van der Waals surface area contributed by atoms with Crippen LogP contribution >= 0.6 is 11.8 Å². The van der Waals surface area contributed by atoms with Crippen LogP contribution in [0.5, 0.6) is 0 Å². The first kappa shape index (κ1) is 10.2. The van der Waals surface area contributed by atoms with E-state index < -0.39 is 11.7 Å². The van der Waals surface area contributed by atoms with E-state index in [9.17, 15) is 13.2 Å². The van der Waals surface area contributed by atoms with Gasteiger partial charge in [-0.25, -0.2) is 4.98 Å². The van der Waals surface area contributed by atoms with Crippen molar-refractivity contribution in [3.63, 3.8) is 0 Å². The van der Waals surface area contributed by atoms with Crippen molar-refractivity contribution in [3.05, 3.63) is 17.8 Å². The smallest absolute Gasteiger partial charge is 0.397 e. The number of alkyl halides is 3. The van der Waals surface area contributed by atoms with Gasteiger partial charge in [-0.2, -0.15) is 13.2 Å². The average Bonchev–Trinajstić information content (AvgIpc) is 2.03. The topological polar surface area (TPSA) is 38.9 Å². The van der Waals surface area contributed by atoms with Crippen LogP contribution in [0.25, 0.3) is 0 Å². The minimum Gasteiger partial charge on any atom is -0.397 e. The molecule has 1 heterocycles. The fourth-order valence-corrected chi connectivity index (χ4v) is 1.39. The third-order valence-corrected chi connectivity index (χ3v) is 2.08. The van der Waals surface area contributed by atoms with Crippen molar-refractivity contribution in [3.8, 4) is 0 Å². The highest BCUT2D eigenvalue weighted by Gasteiger charge is 2.34. The van der Waals surface area contributed by atoms with E-state index in [1.807, 2.05) is 0 Å². The van der Waals surface area contributed by atoms with E-state index in [2.05, 4.69) is 4.98 Å². The van der Waals surface area contributed by atoms with Crippen LogP contribution in [0.4, 0.5) is 18.9 Å². The van der Waals surface area contributed by atoms with Gasteiger partial charge in [0.25, 0.3) is 0 Å². The van der Waals surface area contributed by atoms with E-state index in [1.165, 1.54) is 12.5 Å². The van der Waals surface area contributed by atoms with Crippen LogP contribution in [0.2, 0.25) is 0 Å². The molecule has 0 fully saturated rings. The zero-order valence-electron chi connectivity index (χ0n) is 6.72. The predicted octanol–water partition coefficient (Wildman–Crippen LogP) is 2.40. The van der Waals surface area contributed by atoms with Crippen molar-refractivity contribution in [1.82, 2.24) is 4.98 Å². The second-order valence-corrected chi connectivity index (χ2v) is 3.12. The number of aromatic nitrogens is 1. The molecule has 1 aromatic rings. The Balaban J connectivity index is 3.24. The highest BCUT2D eigenvalue weighted by molar-refractivity contribution is 7.98. The lowest BCUT2D eigenvalue weighted by molar-refractivity contribution is -0.140. The van der Waals surface area contributed by atoms with Gasteiger partial charge in [0.1, 0.15) is 5.03 Å². The van der Waals surface area contributed by atoms with E-state index >= 15 is 0 Å². The first-order chi connectivity index (χ1) is 5.95. The molecule has 0 aliphatic heterocycles. The number of nitrogens with two attached hydrogens (primary N) is 1. The highest BCUT2D eigenvalue weighted by Crippen LogP contribution is 2.35. The molecule has 2 N–H and O–H groups in total. The number of pyridine rings is 1. The maximum atomic E-state index is 12.3. The zero-order valence-corrected chi connectivity index (χ0v) is 7.54. The molecule has 1 aromatic heterocycles. The molecule has 0 aliphatic carbocycles. The maximum Gasteiger partial charge on any atom is 0.419 e. The Kier molecular flexibility index (Phi) is 2.70. The number of nitrogens with zero attached hydrogens (tertiary/aromatic N) is 1. The molecule has 0 unspecified atom stereocenters. The monoisotopic (exact) mass is 208 g/mol. The van der Waals surface area contributed by atoms with Gasteiger partial charge in [0.2, 0.25) is 0 Å². The average molecular weight is 208 g/mol. The van der Waals surface area contributed by atoms with E-state index in [4.69, 9.17) is 5.73 Å². The number of anilines is 1. The summed E-state index contributed by atoms with van der Waals surface area (Å²) in [6.07, 6.45) is -1.64. The van der Waals surface area contributed by atoms with Gasteiger partial charge in [-0.3, -0.25) is 0 Å². The van der Waals surface area contributed by atoms with Gasteiger partial charge in [-0.05, 0) is 12.3 Å². The lowest BCUT2D eigenvalue weighted by Gasteiger charge is -2.10. The quantitative estimate of drug-likeness (QED) is 0.720. The Labute approximate surface area is 77.3 Å². The van der Waals surface area contributed by atoms with E-state index in [0.29, 0.717) is 0 Å². The molecule has 72 valence electrons. The highest BCUT2D eigenvalue weighted by atomic mass is 32.2. The SMILES string of the molecule is CSc1ncc(N)cc1C(F)(F)F. The van der Waals surface area contributed by atoms with Crippen LogP contribution in [0.15, 0.2) is 17.3 Å². The third kappa shape index (κ3) is 2.27. The van der Waals surface area contributed by atoms with E-state index in [-0.39, 0.29) is 10.7 Å². The summed E-state index contributed by atoms with van der Waals surface area (Å²) in [6.45, 7) is 0. The molecule has 0 atom stereocenters. The molecule has 1 rings (SSSR count).